The molecule has 2 aromatic rings. The number of aliphatic carboxylic acids is 1. The first-order valence-corrected chi connectivity index (χ1v) is 4.69. The maximum atomic E-state index is 10.5. The summed E-state index contributed by atoms with van der Waals surface area (Å²) in [4.78, 5) is 14.7. The Morgan fingerprint density at radius 3 is 3.13 bits per heavy atom. The lowest BCUT2D eigenvalue weighted by molar-refractivity contribution is -0.137. The van der Waals surface area contributed by atoms with Gasteiger partial charge in [0.1, 0.15) is 0 Å². The Morgan fingerprint density at radius 2 is 2.47 bits per heavy atom. The van der Waals surface area contributed by atoms with Gasteiger partial charge in [0.05, 0.1) is 12.1 Å². The topological polar surface area (TPSA) is 67.5 Å². The third kappa shape index (κ3) is 1.96. The van der Waals surface area contributed by atoms with Crippen molar-refractivity contribution in [2.45, 2.75) is 19.3 Å². The van der Waals surface area contributed by atoms with Gasteiger partial charge in [-0.15, -0.1) is 0 Å². The number of nitrogens with zero attached hydrogens (tertiary/aromatic N) is 3. The predicted molar refractivity (Wildman–Crippen MR) is 53.7 cm³/mol. The highest BCUT2D eigenvalue weighted by Gasteiger charge is 2.13. The van der Waals surface area contributed by atoms with E-state index in [0.29, 0.717) is 0 Å². The number of hydrogen-bond acceptors (Lipinski definition) is 3. The molecule has 0 spiro atoms. The van der Waals surface area contributed by atoms with E-state index >= 15 is 0 Å². The summed E-state index contributed by atoms with van der Waals surface area (Å²) in [6.45, 7) is 1.84. The Bertz CT molecular complexity index is 459. The van der Waals surface area contributed by atoms with Crippen LogP contribution in [0.15, 0.2) is 24.5 Å². The van der Waals surface area contributed by atoms with Gasteiger partial charge in [0.25, 0.3) is 0 Å². The highest BCUT2D eigenvalue weighted by Crippen LogP contribution is 2.18. The van der Waals surface area contributed by atoms with Gasteiger partial charge in [-0.25, -0.2) is 9.50 Å². The van der Waals surface area contributed by atoms with Gasteiger partial charge in [0.15, 0.2) is 5.65 Å². The smallest absolute Gasteiger partial charge is 0.304 e. The van der Waals surface area contributed by atoms with Crippen molar-refractivity contribution in [3.8, 4) is 0 Å². The van der Waals surface area contributed by atoms with Gasteiger partial charge in [-0.3, -0.25) is 4.79 Å². The fourth-order valence-electron chi connectivity index (χ4n) is 1.46. The molecule has 1 unspecified atom stereocenters. The molecule has 0 bridgehead atoms. The number of fused-ring (bicyclic) bond motifs is 1. The molecule has 1 atom stereocenters. The quantitative estimate of drug-likeness (QED) is 0.820. The summed E-state index contributed by atoms with van der Waals surface area (Å²) in [6, 6.07) is 3.60. The van der Waals surface area contributed by atoms with E-state index in [1.54, 1.807) is 23.0 Å². The Labute approximate surface area is 86.4 Å². The molecule has 0 amide bonds. The standard InChI is InChI=1S/C10H11N3O2/c1-7(5-10(14)15)8-6-9-11-3-2-4-13(9)12-8/h2-4,6-7H,5H2,1H3,(H,14,15). The normalized spacial score (nSPS) is 12.9. The van der Waals surface area contributed by atoms with Crippen LogP contribution in [0.2, 0.25) is 0 Å². The van der Waals surface area contributed by atoms with Crippen LogP contribution in [-0.4, -0.2) is 25.7 Å². The minimum absolute atomic E-state index is 0.0872. The third-order valence-electron chi connectivity index (χ3n) is 2.24. The van der Waals surface area contributed by atoms with Crippen molar-refractivity contribution < 1.29 is 9.90 Å². The zero-order valence-electron chi connectivity index (χ0n) is 8.29. The van der Waals surface area contributed by atoms with Crippen LogP contribution in [0.5, 0.6) is 0 Å². The lowest BCUT2D eigenvalue weighted by Crippen LogP contribution is -2.03. The predicted octanol–water partition coefficient (Wildman–Crippen LogP) is 1.31. The van der Waals surface area contributed by atoms with Crippen LogP contribution in [0.25, 0.3) is 5.65 Å². The molecular formula is C10H11N3O2. The Morgan fingerprint density at radius 1 is 1.67 bits per heavy atom. The fraction of sp³-hybridized carbons (Fsp3) is 0.300. The van der Waals surface area contributed by atoms with Gasteiger partial charge < -0.3 is 5.11 Å². The van der Waals surface area contributed by atoms with Crippen molar-refractivity contribution in [3.63, 3.8) is 0 Å². The Balaban J connectivity index is 2.32. The van der Waals surface area contributed by atoms with Crippen LogP contribution >= 0.6 is 0 Å². The maximum absolute atomic E-state index is 10.5. The zero-order chi connectivity index (χ0) is 10.8. The van der Waals surface area contributed by atoms with Crippen molar-refractivity contribution in [1.82, 2.24) is 14.6 Å². The summed E-state index contributed by atoms with van der Waals surface area (Å²) in [6.07, 6.45) is 3.56. The molecule has 1 N–H and O–H groups in total. The first-order chi connectivity index (χ1) is 7.16. The SMILES string of the molecule is CC(CC(=O)O)c1cc2ncccn2n1. The number of rotatable bonds is 3. The minimum atomic E-state index is -0.812. The highest BCUT2D eigenvalue weighted by atomic mass is 16.4. The molecule has 0 saturated heterocycles. The number of carbonyl (C=O) groups is 1. The molecule has 2 rings (SSSR count). The molecule has 0 aromatic carbocycles. The maximum Gasteiger partial charge on any atom is 0.304 e. The van der Waals surface area contributed by atoms with Crippen molar-refractivity contribution in [2.24, 2.45) is 0 Å². The van der Waals surface area contributed by atoms with Crippen molar-refractivity contribution >= 4 is 11.6 Å². The zero-order valence-corrected chi connectivity index (χ0v) is 8.29. The summed E-state index contributed by atoms with van der Waals surface area (Å²) < 4.78 is 1.65. The summed E-state index contributed by atoms with van der Waals surface area (Å²) in [5.41, 5.74) is 1.50. The molecule has 15 heavy (non-hydrogen) atoms. The Kier molecular flexibility index (Phi) is 2.37. The van der Waals surface area contributed by atoms with E-state index in [0.717, 1.165) is 11.3 Å². The first-order valence-electron chi connectivity index (χ1n) is 4.69. The number of hydrogen-bond donors (Lipinski definition) is 1. The second kappa shape index (κ2) is 3.68. The fourth-order valence-corrected chi connectivity index (χ4v) is 1.46. The minimum Gasteiger partial charge on any atom is -0.481 e. The van der Waals surface area contributed by atoms with E-state index in [4.69, 9.17) is 5.11 Å². The summed E-state index contributed by atoms with van der Waals surface area (Å²) in [5, 5.41) is 12.9. The van der Waals surface area contributed by atoms with Gasteiger partial charge in [0, 0.05) is 24.4 Å². The second-order valence-electron chi connectivity index (χ2n) is 3.49. The van der Waals surface area contributed by atoms with E-state index in [-0.39, 0.29) is 12.3 Å². The Hall–Kier alpha value is -1.91. The molecule has 0 aliphatic carbocycles. The summed E-state index contributed by atoms with van der Waals surface area (Å²) in [7, 11) is 0. The molecule has 5 heteroatoms. The second-order valence-corrected chi connectivity index (χ2v) is 3.49. The van der Waals surface area contributed by atoms with Gasteiger partial charge >= 0.3 is 5.97 Å². The number of carboxylic acid groups (broad SMARTS) is 1. The highest BCUT2D eigenvalue weighted by molar-refractivity contribution is 5.67. The first kappa shape index (κ1) is 9.64. The average Bonchev–Trinajstić information content (AvgIpc) is 2.59. The molecule has 0 radical (unpaired) electrons. The van der Waals surface area contributed by atoms with Crippen LogP contribution in [0.1, 0.15) is 25.0 Å². The summed E-state index contributed by atoms with van der Waals surface area (Å²) >= 11 is 0. The molecule has 5 nitrogen and oxygen atoms in total. The van der Waals surface area contributed by atoms with E-state index in [1.807, 2.05) is 13.0 Å². The number of carboxylic acids is 1. The molecule has 78 valence electrons. The third-order valence-corrected chi connectivity index (χ3v) is 2.24. The summed E-state index contributed by atoms with van der Waals surface area (Å²) in [5.74, 6) is -0.906. The van der Waals surface area contributed by atoms with Crippen LogP contribution in [0.3, 0.4) is 0 Å². The molecule has 0 aliphatic rings. The lowest BCUT2D eigenvalue weighted by atomic mass is 10.0. The molecule has 0 fully saturated rings. The van der Waals surface area contributed by atoms with E-state index < -0.39 is 5.97 Å². The van der Waals surface area contributed by atoms with Gasteiger partial charge in [-0.2, -0.15) is 5.10 Å². The van der Waals surface area contributed by atoms with Gasteiger partial charge in [-0.05, 0) is 6.07 Å². The van der Waals surface area contributed by atoms with Crippen LogP contribution in [-0.2, 0) is 4.79 Å². The van der Waals surface area contributed by atoms with Crippen LogP contribution < -0.4 is 0 Å². The van der Waals surface area contributed by atoms with Gasteiger partial charge in [0.2, 0.25) is 0 Å². The van der Waals surface area contributed by atoms with E-state index in [9.17, 15) is 4.79 Å². The monoisotopic (exact) mass is 205 g/mol. The lowest BCUT2D eigenvalue weighted by Gasteiger charge is -2.02. The molecule has 0 aliphatic heterocycles. The number of aromatic nitrogens is 3. The van der Waals surface area contributed by atoms with Crippen molar-refractivity contribution in [3.05, 3.63) is 30.2 Å². The van der Waals surface area contributed by atoms with E-state index in [1.165, 1.54) is 0 Å². The van der Waals surface area contributed by atoms with Crippen LogP contribution in [0.4, 0.5) is 0 Å². The molecule has 2 heterocycles. The largest absolute Gasteiger partial charge is 0.481 e. The molecule has 2 aromatic heterocycles. The van der Waals surface area contributed by atoms with Gasteiger partial charge in [-0.1, -0.05) is 6.92 Å². The molecule has 0 saturated carbocycles. The molecular weight excluding hydrogens is 194 g/mol. The van der Waals surface area contributed by atoms with Crippen molar-refractivity contribution in [2.75, 3.05) is 0 Å². The average molecular weight is 205 g/mol. The van der Waals surface area contributed by atoms with E-state index in [2.05, 4.69) is 10.1 Å². The van der Waals surface area contributed by atoms with Crippen molar-refractivity contribution in [1.29, 1.82) is 0 Å². The van der Waals surface area contributed by atoms with Crippen LogP contribution in [0, 0.1) is 0 Å².